The van der Waals surface area contributed by atoms with E-state index >= 15 is 0 Å². The summed E-state index contributed by atoms with van der Waals surface area (Å²) in [5.41, 5.74) is 4.62. The van der Waals surface area contributed by atoms with Crippen LogP contribution in [0.15, 0.2) is 71.0 Å². The molecule has 1 aliphatic carbocycles. The molecule has 1 nitrogen and oxygen atoms in total. The van der Waals surface area contributed by atoms with Gasteiger partial charge in [-0.1, -0.05) is 83.0 Å². The molecular weight excluding hydrogens is 440 g/mol. The van der Waals surface area contributed by atoms with E-state index in [1.54, 1.807) is 11.3 Å². The van der Waals surface area contributed by atoms with Crippen molar-refractivity contribution in [3.63, 3.8) is 0 Å². The van der Waals surface area contributed by atoms with Crippen LogP contribution in [-0.4, -0.2) is 0 Å². The number of aryl methyl sites for hydroxylation is 1. The van der Waals surface area contributed by atoms with Crippen molar-refractivity contribution in [1.82, 2.24) is 0 Å². The molecule has 3 heteroatoms. The lowest BCUT2D eigenvalue weighted by atomic mass is 9.77. The van der Waals surface area contributed by atoms with Crippen LogP contribution in [-0.2, 0) is 12.0 Å². The zero-order valence-corrected chi connectivity index (χ0v) is 22.0. The molecule has 33 heavy (non-hydrogen) atoms. The fraction of sp³-hybridized carbons (Fsp3) is 0.400. The first-order valence-electron chi connectivity index (χ1n) is 12.6. The van der Waals surface area contributed by atoms with Gasteiger partial charge in [-0.05, 0) is 60.1 Å². The van der Waals surface area contributed by atoms with Gasteiger partial charge in [-0.3, -0.25) is 0 Å². The summed E-state index contributed by atoms with van der Waals surface area (Å²) in [6.45, 7) is 8.52. The van der Waals surface area contributed by atoms with Crippen LogP contribution < -0.4 is 4.74 Å². The summed E-state index contributed by atoms with van der Waals surface area (Å²) >= 11 is 3.62. The summed E-state index contributed by atoms with van der Waals surface area (Å²) in [4.78, 5) is 2.63. The zero-order valence-electron chi connectivity index (χ0n) is 20.4. The lowest BCUT2D eigenvalue weighted by Crippen LogP contribution is -2.38. The van der Waals surface area contributed by atoms with Crippen molar-refractivity contribution in [3.05, 3.63) is 87.6 Å². The molecule has 0 bridgehead atoms. The van der Waals surface area contributed by atoms with E-state index in [9.17, 15) is 0 Å². The van der Waals surface area contributed by atoms with Gasteiger partial charge in [0, 0.05) is 16.7 Å². The summed E-state index contributed by atoms with van der Waals surface area (Å²) in [7, 11) is 0. The SMILES string of the molecule is CC.CCCc1ccc(C2(C3=CCCC(CCC)C=C3)Oc3ccsc3-c3sccc32)cc1. The lowest BCUT2D eigenvalue weighted by molar-refractivity contribution is 0.152. The summed E-state index contributed by atoms with van der Waals surface area (Å²) < 4.78 is 7.02. The number of thiophene rings is 2. The Morgan fingerprint density at radius 1 is 0.939 bits per heavy atom. The molecule has 0 spiro atoms. The van der Waals surface area contributed by atoms with Crippen LogP contribution in [0.3, 0.4) is 0 Å². The number of hydrogen-bond donors (Lipinski definition) is 0. The third kappa shape index (κ3) is 4.50. The molecule has 0 N–H and O–H groups in total. The van der Waals surface area contributed by atoms with Crippen LogP contribution >= 0.6 is 22.7 Å². The van der Waals surface area contributed by atoms with E-state index in [1.165, 1.54) is 57.7 Å². The molecule has 3 aromatic rings. The van der Waals surface area contributed by atoms with E-state index < -0.39 is 5.60 Å². The lowest BCUT2D eigenvalue weighted by Gasteiger charge is -2.39. The maximum absolute atomic E-state index is 7.02. The number of benzene rings is 1. The highest BCUT2D eigenvalue weighted by Crippen LogP contribution is 2.55. The molecule has 0 saturated carbocycles. The topological polar surface area (TPSA) is 9.23 Å². The molecule has 0 fully saturated rings. The van der Waals surface area contributed by atoms with Gasteiger partial charge in [-0.15, -0.1) is 22.7 Å². The first-order valence-corrected chi connectivity index (χ1v) is 14.3. The minimum Gasteiger partial charge on any atom is -0.471 e. The van der Waals surface area contributed by atoms with Gasteiger partial charge in [-0.25, -0.2) is 0 Å². The fourth-order valence-electron chi connectivity index (χ4n) is 5.05. The van der Waals surface area contributed by atoms with E-state index in [1.807, 2.05) is 25.2 Å². The molecular formula is C30H36OS2. The van der Waals surface area contributed by atoms with Gasteiger partial charge in [-0.2, -0.15) is 0 Å². The highest BCUT2D eigenvalue weighted by molar-refractivity contribution is 7.20. The van der Waals surface area contributed by atoms with Crippen molar-refractivity contribution in [2.75, 3.05) is 0 Å². The van der Waals surface area contributed by atoms with Gasteiger partial charge in [0.05, 0.1) is 9.75 Å². The quantitative estimate of drug-likeness (QED) is 0.344. The minimum atomic E-state index is -0.578. The van der Waals surface area contributed by atoms with Crippen molar-refractivity contribution in [2.45, 2.75) is 71.8 Å². The number of allylic oxidation sites excluding steroid dienone is 2. The van der Waals surface area contributed by atoms with E-state index in [4.69, 9.17) is 4.74 Å². The van der Waals surface area contributed by atoms with Gasteiger partial charge < -0.3 is 4.74 Å². The maximum atomic E-state index is 7.02. The molecule has 1 aromatic carbocycles. The van der Waals surface area contributed by atoms with Gasteiger partial charge in [0.2, 0.25) is 0 Å². The highest BCUT2D eigenvalue weighted by Gasteiger charge is 2.46. The second-order valence-electron chi connectivity index (χ2n) is 8.65. The van der Waals surface area contributed by atoms with Crippen molar-refractivity contribution >= 4 is 22.7 Å². The van der Waals surface area contributed by atoms with Crippen LogP contribution in [0, 0.1) is 5.92 Å². The average molecular weight is 477 g/mol. The molecule has 0 amide bonds. The van der Waals surface area contributed by atoms with Crippen LogP contribution in [0.1, 0.15) is 76.5 Å². The molecule has 1 aliphatic heterocycles. The molecule has 5 rings (SSSR count). The second-order valence-corrected chi connectivity index (χ2v) is 10.5. The summed E-state index contributed by atoms with van der Waals surface area (Å²) in [5, 5.41) is 4.38. The number of hydrogen-bond acceptors (Lipinski definition) is 3. The van der Waals surface area contributed by atoms with Crippen LogP contribution in [0.2, 0.25) is 0 Å². The van der Waals surface area contributed by atoms with Crippen molar-refractivity contribution in [1.29, 1.82) is 0 Å². The predicted octanol–water partition coefficient (Wildman–Crippen LogP) is 9.78. The zero-order chi connectivity index (χ0) is 23.3. The van der Waals surface area contributed by atoms with Crippen molar-refractivity contribution < 1.29 is 4.74 Å². The van der Waals surface area contributed by atoms with E-state index in [2.05, 4.69) is 79.2 Å². The molecule has 174 valence electrons. The molecule has 2 unspecified atom stereocenters. The van der Waals surface area contributed by atoms with Crippen molar-refractivity contribution in [2.24, 2.45) is 5.92 Å². The second kappa shape index (κ2) is 10.9. The number of rotatable bonds is 6. The van der Waals surface area contributed by atoms with Crippen LogP contribution in [0.4, 0.5) is 0 Å². The molecule has 2 aromatic heterocycles. The average Bonchev–Trinajstić information content (AvgIpc) is 3.46. The predicted molar refractivity (Wildman–Crippen MR) is 146 cm³/mol. The Morgan fingerprint density at radius 3 is 2.45 bits per heavy atom. The molecule has 3 heterocycles. The fourth-order valence-corrected chi connectivity index (χ4v) is 6.99. The van der Waals surface area contributed by atoms with E-state index in [0.717, 1.165) is 18.6 Å². The molecule has 2 aliphatic rings. The van der Waals surface area contributed by atoms with Gasteiger partial charge >= 0.3 is 0 Å². The Bertz CT molecular complexity index is 1100. The van der Waals surface area contributed by atoms with Gasteiger partial charge in [0.1, 0.15) is 5.75 Å². The third-order valence-electron chi connectivity index (χ3n) is 6.56. The standard InChI is InChI=1S/C28H30OS2.C2H6/c1-3-6-20-8-5-9-22(13-10-20)28(23-14-11-21(7-4-2)12-15-23)24-16-18-30-26(24)27-25(29-28)17-19-31-27;1-2/h9-20H,3-8H2,1-2H3;1-2H3. The number of fused-ring (bicyclic) bond motifs is 3. The van der Waals surface area contributed by atoms with E-state index in [-0.39, 0.29) is 0 Å². The molecule has 2 atom stereocenters. The summed E-state index contributed by atoms with van der Waals surface area (Å²) in [6.07, 6.45) is 14.3. The van der Waals surface area contributed by atoms with Gasteiger partial charge in [0.15, 0.2) is 5.60 Å². The first-order chi connectivity index (χ1) is 16.3. The molecule has 0 radical (unpaired) electrons. The largest absolute Gasteiger partial charge is 0.471 e. The van der Waals surface area contributed by atoms with Crippen molar-refractivity contribution in [3.8, 4) is 15.5 Å². The molecule has 0 saturated heterocycles. The third-order valence-corrected chi connectivity index (χ3v) is 8.53. The maximum Gasteiger partial charge on any atom is 0.185 e. The monoisotopic (exact) mass is 476 g/mol. The number of ether oxygens (including phenoxy) is 1. The normalized spacial score (nSPS) is 21.1. The highest BCUT2D eigenvalue weighted by atomic mass is 32.1. The Kier molecular flexibility index (Phi) is 7.93. The van der Waals surface area contributed by atoms with Crippen LogP contribution in [0.25, 0.3) is 9.75 Å². The Morgan fingerprint density at radius 2 is 1.70 bits per heavy atom. The summed E-state index contributed by atoms with van der Waals surface area (Å²) in [5.74, 6) is 1.67. The Balaban J connectivity index is 0.00000126. The van der Waals surface area contributed by atoms with Crippen LogP contribution in [0.5, 0.6) is 5.75 Å². The Labute approximate surface area is 207 Å². The Hall–Kier alpha value is -2.10. The van der Waals surface area contributed by atoms with E-state index in [0.29, 0.717) is 5.92 Å². The first kappa shape index (κ1) is 24.0. The van der Waals surface area contributed by atoms with Gasteiger partial charge in [0.25, 0.3) is 0 Å². The minimum absolute atomic E-state index is 0.578. The smallest absolute Gasteiger partial charge is 0.185 e. The summed E-state index contributed by atoms with van der Waals surface area (Å²) in [6, 6.07) is 13.6.